The summed E-state index contributed by atoms with van der Waals surface area (Å²) >= 11 is 1.15. The highest BCUT2D eigenvalue weighted by molar-refractivity contribution is 8.00. The number of carbonyl (C=O) groups excluding carboxylic acids is 2. The Bertz CT molecular complexity index is 516. The molecule has 6 nitrogen and oxygen atoms in total. The molecule has 0 heterocycles. The summed E-state index contributed by atoms with van der Waals surface area (Å²) in [7, 11) is 1.42. The Labute approximate surface area is 127 Å². The van der Waals surface area contributed by atoms with Crippen LogP contribution in [-0.4, -0.2) is 52.9 Å². The Morgan fingerprint density at radius 3 is 2.38 bits per heavy atom. The molecule has 2 amide bonds. The van der Waals surface area contributed by atoms with E-state index in [1.165, 1.54) is 7.05 Å². The van der Waals surface area contributed by atoms with Crippen LogP contribution >= 0.6 is 11.8 Å². The van der Waals surface area contributed by atoms with Gasteiger partial charge in [-0.3, -0.25) is 14.4 Å². The van der Waals surface area contributed by atoms with E-state index in [1.807, 2.05) is 31.2 Å². The van der Waals surface area contributed by atoms with Crippen molar-refractivity contribution in [1.29, 1.82) is 0 Å². The molecule has 0 aromatic heterocycles. The molecule has 7 heteroatoms. The molecule has 0 atom stereocenters. The Hall–Kier alpha value is -2.02. The summed E-state index contributed by atoms with van der Waals surface area (Å²) in [6.45, 7) is 1.62. The van der Waals surface area contributed by atoms with Crippen molar-refractivity contribution in [1.82, 2.24) is 4.90 Å². The molecule has 0 bridgehead atoms. The van der Waals surface area contributed by atoms with Crippen molar-refractivity contribution >= 4 is 35.2 Å². The number of nitrogens with one attached hydrogen (secondary N) is 1. The Morgan fingerprint density at radius 2 is 1.81 bits per heavy atom. The molecule has 0 radical (unpaired) electrons. The highest BCUT2D eigenvalue weighted by Gasteiger charge is 2.12. The fourth-order valence-electron chi connectivity index (χ4n) is 1.47. The fraction of sp³-hybridized carbons (Fsp3) is 0.357. The lowest BCUT2D eigenvalue weighted by Gasteiger charge is -2.13. The molecule has 114 valence electrons. The topological polar surface area (TPSA) is 86.7 Å². The number of carbonyl (C=O) groups is 3. The van der Waals surface area contributed by atoms with Crippen molar-refractivity contribution in [3.63, 3.8) is 0 Å². The van der Waals surface area contributed by atoms with Gasteiger partial charge >= 0.3 is 5.97 Å². The summed E-state index contributed by atoms with van der Waals surface area (Å²) < 4.78 is 0. The first-order valence-electron chi connectivity index (χ1n) is 6.28. The highest BCUT2D eigenvalue weighted by atomic mass is 32.2. The van der Waals surface area contributed by atoms with Crippen LogP contribution in [0.25, 0.3) is 0 Å². The van der Waals surface area contributed by atoms with Gasteiger partial charge in [-0.05, 0) is 19.1 Å². The number of hydrogen-bond acceptors (Lipinski definition) is 4. The average molecular weight is 310 g/mol. The second-order valence-corrected chi connectivity index (χ2v) is 5.54. The van der Waals surface area contributed by atoms with Gasteiger partial charge in [0.25, 0.3) is 0 Å². The molecule has 21 heavy (non-hydrogen) atoms. The van der Waals surface area contributed by atoms with E-state index in [1.54, 1.807) is 0 Å². The van der Waals surface area contributed by atoms with Gasteiger partial charge in [0.2, 0.25) is 11.8 Å². The number of rotatable bonds is 7. The number of likely N-dealkylation sites (N-methyl/N-ethyl adjacent to an activating group) is 1. The Morgan fingerprint density at radius 1 is 1.19 bits per heavy atom. The van der Waals surface area contributed by atoms with E-state index in [2.05, 4.69) is 5.32 Å². The van der Waals surface area contributed by atoms with Gasteiger partial charge in [0, 0.05) is 12.7 Å². The maximum atomic E-state index is 11.7. The second-order valence-electron chi connectivity index (χ2n) is 4.55. The lowest BCUT2D eigenvalue weighted by molar-refractivity contribution is -0.142. The van der Waals surface area contributed by atoms with Crippen LogP contribution < -0.4 is 5.32 Å². The quantitative estimate of drug-likeness (QED) is 0.790. The number of benzene rings is 1. The number of carboxylic acids is 1. The third-order valence-electron chi connectivity index (χ3n) is 2.59. The van der Waals surface area contributed by atoms with Gasteiger partial charge in [0.05, 0.1) is 11.5 Å². The van der Waals surface area contributed by atoms with Crippen LogP contribution in [0.4, 0.5) is 5.69 Å². The molecule has 0 aliphatic carbocycles. The standard InChI is InChI=1S/C14H18N2O4S/c1-10-3-5-11(6-4-10)15-12(17)8-21-9-13(18)16(2)7-14(19)20/h3-6H,7-9H2,1-2H3,(H,15,17)(H,19,20). The van der Waals surface area contributed by atoms with Gasteiger partial charge in [0.1, 0.15) is 6.54 Å². The van der Waals surface area contributed by atoms with E-state index in [-0.39, 0.29) is 29.9 Å². The molecule has 0 spiro atoms. The van der Waals surface area contributed by atoms with Gasteiger partial charge < -0.3 is 15.3 Å². The highest BCUT2D eigenvalue weighted by Crippen LogP contribution is 2.10. The van der Waals surface area contributed by atoms with Crippen LogP contribution in [0.15, 0.2) is 24.3 Å². The van der Waals surface area contributed by atoms with E-state index in [0.717, 1.165) is 22.2 Å². The van der Waals surface area contributed by atoms with Crippen molar-refractivity contribution in [3.8, 4) is 0 Å². The molecule has 1 aromatic rings. The second kappa shape index (κ2) is 8.31. The van der Waals surface area contributed by atoms with Gasteiger partial charge in [0.15, 0.2) is 0 Å². The zero-order valence-electron chi connectivity index (χ0n) is 12.0. The van der Waals surface area contributed by atoms with Crippen LogP contribution in [-0.2, 0) is 14.4 Å². The minimum Gasteiger partial charge on any atom is -0.480 e. The van der Waals surface area contributed by atoms with E-state index >= 15 is 0 Å². The molecule has 0 unspecified atom stereocenters. The van der Waals surface area contributed by atoms with Crippen molar-refractivity contribution in [2.75, 3.05) is 30.4 Å². The number of aryl methyl sites for hydroxylation is 1. The number of thioether (sulfide) groups is 1. The number of aliphatic carboxylic acids is 1. The maximum Gasteiger partial charge on any atom is 0.323 e. The van der Waals surface area contributed by atoms with E-state index in [4.69, 9.17) is 5.11 Å². The molecule has 0 fully saturated rings. The normalized spacial score (nSPS) is 10.0. The van der Waals surface area contributed by atoms with Crippen molar-refractivity contribution in [3.05, 3.63) is 29.8 Å². The van der Waals surface area contributed by atoms with Gasteiger partial charge in [-0.25, -0.2) is 0 Å². The first kappa shape index (κ1) is 17.0. The summed E-state index contributed by atoms with van der Waals surface area (Å²) in [4.78, 5) is 34.8. The number of carboxylic acid groups (broad SMARTS) is 1. The van der Waals surface area contributed by atoms with Crippen LogP contribution in [0.1, 0.15) is 5.56 Å². The first-order valence-corrected chi connectivity index (χ1v) is 7.44. The lowest BCUT2D eigenvalue weighted by atomic mass is 10.2. The molecule has 1 aromatic carbocycles. The number of nitrogens with zero attached hydrogens (tertiary/aromatic N) is 1. The largest absolute Gasteiger partial charge is 0.480 e. The van der Waals surface area contributed by atoms with E-state index < -0.39 is 5.97 Å². The van der Waals surface area contributed by atoms with Crippen LogP contribution in [0.5, 0.6) is 0 Å². The molecule has 0 aliphatic heterocycles. The van der Waals surface area contributed by atoms with Crippen LogP contribution in [0.3, 0.4) is 0 Å². The third kappa shape index (κ3) is 6.80. The van der Waals surface area contributed by atoms with Gasteiger partial charge in [-0.1, -0.05) is 17.7 Å². The monoisotopic (exact) mass is 310 g/mol. The smallest absolute Gasteiger partial charge is 0.323 e. The predicted molar refractivity (Wildman–Crippen MR) is 82.4 cm³/mol. The number of hydrogen-bond donors (Lipinski definition) is 2. The molecule has 0 saturated carbocycles. The first-order chi connectivity index (χ1) is 9.88. The zero-order valence-corrected chi connectivity index (χ0v) is 12.8. The predicted octanol–water partition coefficient (Wildman–Crippen LogP) is 1.21. The summed E-state index contributed by atoms with van der Waals surface area (Å²) in [5.74, 6) is -1.36. The van der Waals surface area contributed by atoms with E-state index in [9.17, 15) is 14.4 Å². The van der Waals surface area contributed by atoms with Crippen LogP contribution in [0.2, 0.25) is 0 Å². The van der Waals surface area contributed by atoms with Gasteiger partial charge in [-0.15, -0.1) is 11.8 Å². The van der Waals surface area contributed by atoms with Crippen LogP contribution in [0, 0.1) is 6.92 Å². The minimum atomic E-state index is -1.06. The van der Waals surface area contributed by atoms with Crippen molar-refractivity contribution in [2.45, 2.75) is 6.92 Å². The third-order valence-corrected chi connectivity index (χ3v) is 3.51. The molecule has 0 saturated heterocycles. The average Bonchev–Trinajstić information content (AvgIpc) is 2.40. The molecule has 0 aliphatic rings. The number of amides is 2. The zero-order chi connectivity index (χ0) is 15.8. The summed E-state index contributed by atoms with van der Waals surface area (Å²) in [6, 6.07) is 7.41. The Balaban J connectivity index is 2.28. The summed E-state index contributed by atoms with van der Waals surface area (Å²) in [5, 5.41) is 11.3. The van der Waals surface area contributed by atoms with Gasteiger partial charge in [-0.2, -0.15) is 0 Å². The SMILES string of the molecule is Cc1ccc(NC(=O)CSCC(=O)N(C)CC(=O)O)cc1. The number of anilines is 1. The van der Waals surface area contributed by atoms with Crippen molar-refractivity contribution in [2.24, 2.45) is 0 Å². The fourth-order valence-corrected chi connectivity index (χ4v) is 2.22. The summed E-state index contributed by atoms with van der Waals surface area (Å²) in [6.07, 6.45) is 0. The molecular weight excluding hydrogens is 292 g/mol. The summed E-state index contributed by atoms with van der Waals surface area (Å²) in [5.41, 5.74) is 1.81. The Kier molecular flexibility index (Phi) is 6.74. The van der Waals surface area contributed by atoms with Crippen molar-refractivity contribution < 1.29 is 19.5 Å². The molecule has 1 rings (SSSR count). The molecule has 2 N–H and O–H groups in total. The maximum absolute atomic E-state index is 11.7. The van der Waals surface area contributed by atoms with E-state index in [0.29, 0.717) is 5.69 Å². The lowest BCUT2D eigenvalue weighted by Crippen LogP contribution is -2.33. The minimum absolute atomic E-state index is 0.0745. The molecular formula is C14H18N2O4S.